The first-order valence-corrected chi connectivity index (χ1v) is 6.32. The van der Waals surface area contributed by atoms with E-state index in [0.29, 0.717) is 30.2 Å². The van der Waals surface area contributed by atoms with Gasteiger partial charge in [-0.25, -0.2) is 9.69 Å². The molecule has 2 fully saturated rings. The molecule has 3 heterocycles. The Labute approximate surface area is 115 Å². The number of rotatable bonds is 2. The molecule has 0 atom stereocenters. The number of hydrogen-bond acceptors (Lipinski definition) is 5. The second kappa shape index (κ2) is 4.36. The maximum absolute atomic E-state index is 12.2. The van der Waals surface area contributed by atoms with E-state index in [-0.39, 0.29) is 24.5 Å². The number of amides is 3. The minimum absolute atomic E-state index is 0.143. The summed E-state index contributed by atoms with van der Waals surface area (Å²) >= 11 is 0. The van der Waals surface area contributed by atoms with Crippen molar-refractivity contribution in [3.8, 4) is 0 Å². The fourth-order valence-corrected chi connectivity index (χ4v) is 2.52. The highest BCUT2D eigenvalue weighted by atomic mass is 16.6. The third-order valence-electron chi connectivity index (χ3n) is 3.57. The van der Waals surface area contributed by atoms with Gasteiger partial charge < -0.3 is 14.1 Å². The van der Waals surface area contributed by atoms with Crippen molar-refractivity contribution in [1.29, 1.82) is 0 Å². The van der Waals surface area contributed by atoms with Crippen molar-refractivity contribution in [2.75, 3.05) is 19.7 Å². The number of likely N-dealkylation sites (tertiary alicyclic amines) is 1. The summed E-state index contributed by atoms with van der Waals surface area (Å²) in [6.07, 6.45) is -0.623. The molecule has 0 aliphatic carbocycles. The van der Waals surface area contributed by atoms with Crippen molar-refractivity contribution in [1.82, 2.24) is 9.80 Å². The normalized spacial score (nSPS) is 19.3. The van der Waals surface area contributed by atoms with Crippen LogP contribution in [0.1, 0.15) is 21.9 Å². The third-order valence-corrected chi connectivity index (χ3v) is 3.57. The van der Waals surface area contributed by atoms with Gasteiger partial charge in [0.25, 0.3) is 11.8 Å². The van der Waals surface area contributed by atoms with Crippen molar-refractivity contribution in [2.45, 2.75) is 19.9 Å². The minimum atomic E-state index is -0.623. The van der Waals surface area contributed by atoms with Crippen LogP contribution in [0.5, 0.6) is 0 Å². The molecule has 0 aromatic carbocycles. The zero-order valence-electron chi connectivity index (χ0n) is 11.2. The Morgan fingerprint density at radius 3 is 2.50 bits per heavy atom. The molecule has 3 rings (SSSR count). The average Bonchev–Trinajstić information content (AvgIpc) is 2.83. The summed E-state index contributed by atoms with van der Waals surface area (Å²) in [6.45, 7) is 3.98. The van der Waals surface area contributed by atoms with Gasteiger partial charge in [0.2, 0.25) is 0 Å². The number of imide groups is 1. The van der Waals surface area contributed by atoms with Gasteiger partial charge in [-0.3, -0.25) is 9.59 Å². The molecule has 1 aromatic rings. The maximum atomic E-state index is 12.2. The summed E-state index contributed by atoms with van der Waals surface area (Å²) in [5.41, 5.74) is 0.524. The molecule has 2 aliphatic rings. The highest BCUT2D eigenvalue weighted by Crippen LogP contribution is 2.23. The highest BCUT2D eigenvalue weighted by molar-refractivity contribution is 5.99. The lowest BCUT2D eigenvalue weighted by Gasteiger charge is -2.41. The van der Waals surface area contributed by atoms with Crippen molar-refractivity contribution in [3.63, 3.8) is 0 Å². The van der Waals surface area contributed by atoms with Crippen LogP contribution in [0.2, 0.25) is 0 Å². The summed E-state index contributed by atoms with van der Waals surface area (Å²) < 4.78 is 9.99. The molecule has 106 valence electrons. The van der Waals surface area contributed by atoms with E-state index in [4.69, 9.17) is 4.42 Å². The molecule has 3 amide bonds. The molecule has 7 nitrogen and oxygen atoms in total. The van der Waals surface area contributed by atoms with Gasteiger partial charge in [0.1, 0.15) is 11.5 Å². The number of ether oxygens (including phenoxy) is 1. The van der Waals surface area contributed by atoms with Gasteiger partial charge in [-0.15, -0.1) is 0 Å². The predicted molar refractivity (Wildman–Crippen MR) is 66.1 cm³/mol. The van der Waals surface area contributed by atoms with Crippen LogP contribution in [0.15, 0.2) is 10.5 Å². The number of furan rings is 1. The van der Waals surface area contributed by atoms with Gasteiger partial charge in [-0.2, -0.15) is 0 Å². The van der Waals surface area contributed by atoms with Crippen LogP contribution >= 0.6 is 0 Å². The average molecular weight is 278 g/mol. The van der Waals surface area contributed by atoms with Gasteiger partial charge >= 0.3 is 6.09 Å². The molecular formula is C13H14N2O5. The molecule has 0 unspecified atom stereocenters. The lowest BCUT2D eigenvalue weighted by Crippen LogP contribution is -2.62. The fraction of sp³-hybridized carbons (Fsp3) is 0.462. The molecule has 0 spiro atoms. The Hall–Kier alpha value is -2.31. The molecule has 7 heteroatoms. The number of hydrogen-bond donors (Lipinski definition) is 0. The minimum Gasteiger partial charge on any atom is -0.466 e. The lowest BCUT2D eigenvalue weighted by atomic mass is 10.1. The molecule has 20 heavy (non-hydrogen) atoms. The third kappa shape index (κ3) is 1.86. The lowest BCUT2D eigenvalue weighted by molar-refractivity contribution is -0.129. The smallest absolute Gasteiger partial charge is 0.417 e. The number of aryl methyl sites for hydroxylation is 2. The van der Waals surface area contributed by atoms with Crippen LogP contribution in [0.25, 0.3) is 0 Å². The molecule has 0 saturated carbocycles. The molecule has 2 saturated heterocycles. The Morgan fingerprint density at radius 1 is 1.30 bits per heavy atom. The van der Waals surface area contributed by atoms with Gasteiger partial charge in [-0.05, 0) is 19.9 Å². The van der Waals surface area contributed by atoms with E-state index in [9.17, 15) is 14.4 Å². The van der Waals surface area contributed by atoms with Crippen molar-refractivity contribution in [2.24, 2.45) is 0 Å². The molecular weight excluding hydrogens is 264 g/mol. The highest BCUT2D eigenvalue weighted by Gasteiger charge is 2.44. The predicted octanol–water partition coefficient (Wildman–Crippen LogP) is 0.700. The van der Waals surface area contributed by atoms with Crippen LogP contribution in [-0.4, -0.2) is 53.4 Å². The van der Waals surface area contributed by atoms with Crippen LogP contribution in [0.4, 0.5) is 4.79 Å². The van der Waals surface area contributed by atoms with E-state index in [2.05, 4.69) is 4.74 Å². The van der Waals surface area contributed by atoms with Crippen LogP contribution < -0.4 is 0 Å². The van der Waals surface area contributed by atoms with E-state index < -0.39 is 6.09 Å². The summed E-state index contributed by atoms with van der Waals surface area (Å²) in [7, 11) is 0. The number of cyclic esters (lactones) is 1. The summed E-state index contributed by atoms with van der Waals surface area (Å²) in [5, 5.41) is 0. The number of carbonyl (C=O) groups excluding carboxylic acids is 3. The fourth-order valence-electron chi connectivity index (χ4n) is 2.52. The first kappa shape index (κ1) is 12.7. The van der Waals surface area contributed by atoms with Crippen LogP contribution in [0.3, 0.4) is 0 Å². The van der Waals surface area contributed by atoms with E-state index in [1.807, 2.05) is 0 Å². The SMILES string of the molecule is Cc1cc(C(=O)N2CC(N3C(=O)COC3=O)C2)c(C)o1. The van der Waals surface area contributed by atoms with E-state index in [1.54, 1.807) is 24.8 Å². The van der Waals surface area contributed by atoms with Crippen LogP contribution in [0, 0.1) is 13.8 Å². The van der Waals surface area contributed by atoms with Gasteiger partial charge in [0.05, 0.1) is 11.6 Å². The van der Waals surface area contributed by atoms with Crippen molar-refractivity contribution in [3.05, 3.63) is 23.2 Å². The largest absolute Gasteiger partial charge is 0.466 e. The Morgan fingerprint density at radius 2 is 2.00 bits per heavy atom. The van der Waals surface area contributed by atoms with Crippen molar-refractivity contribution < 1.29 is 23.5 Å². The zero-order chi connectivity index (χ0) is 14.4. The first-order valence-electron chi connectivity index (χ1n) is 6.32. The van der Waals surface area contributed by atoms with E-state index in [0.717, 1.165) is 4.90 Å². The molecule has 0 radical (unpaired) electrons. The van der Waals surface area contributed by atoms with E-state index in [1.165, 1.54) is 0 Å². The topological polar surface area (TPSA) is 80.1 Å². The van der Waals surface area contributed by atoms with E-state index >= 15 is 0 Å². The summed E-state index contributed by atoms with van der Waals surface area (Å²) in [5.74, 6) is 0.770. The molecule has 2 aliphatic heterocycles. The number of carbonyl (C=O) groups is 3. The first-order chi connectivity index (χ1) is 9.47. The Kier molecular flexibility index (Phi) is 2.77. The zero-order valence-corrected chi connectivity index (χ0v) is 11.2. The summed E-state index contributed by atoms with van der Waals surface area (Å²) in [4.78, 5) is 37.8. The van der Waals surface area contributed by atoms with Crippen molar-refractivity contribution >= 4 is 17.9 Å². The second-order valence-corrected chi connectivity index (χ2v) is 5.01. The number of nitrogens with zero attached hydrogens (tertiary/aromatic N) is 2. The standard InChI is InChI=1S/C13H14N2O5/c1-7-3-10(8(2)20-7)12(17)14-4-9(5-14)15-11(16)6-19-13(15)18/h3,9H,4-6H2,1-2H3. The molecule has 0 N–H and O–H groups in total. The summed E-state index contributed by atoms with van der Waals surface area (Å²) in [6, 6.07) is 1.41. The molecule has 1 aromatic heterocycles. The van der Waals surface area contributed by atoms with Gasteiger partial charge in [0.15, 0.2) is 6.61 Å². The molecule has 0 bridgehead atoms. The maximum Gasteiger partial charge on any atom is 0.417 e. The van der Waals surface area contributed by atoms with Crippen LogP contribution in [-0.2, 0) is 9.53 Å². The second-order valence-electron chi connectivity index (χ2n) is 5.01. The van der Waals surface area contributed by atoms with Gasteiger partial charge in [0, 0.05) is 13.1 Å². The Balaban J connectivity index is 1.66. The Bertz CT molecular complexity index is 584. The monoisotopic (exact) mass is 278 g/mol. The van der Waals surface area contributed by atoms with Gasteiger partial charge in [-0.1, -0.05) is 0 Å². The quantitative estimate of drug-likeness (QED) is 0.795.